The summed E-state index contributed by atoms with van der Waals surface area (Å²) in [5, 5.41) is 3.72. The molecule has 3 atom stereocenters. The van der Waals surface area contributed by atoms with Crippen LogP contribution in [0.4, 0.5) is 0 Å². The Morgan fingerprint density at radius 1 is 1.39 bits per heavy atom. The van der Waals surface area contributed by atoms with Crippen molar-refractivity contribution in [3.8, 4) is 0 Å². The zero-order valence-electron chi connectivity index (χ0n) is 13.1. The van der Waals surface area contributed by atoms with Crippen molar-refractivity contribution in [1.82, 2.24) is 10.2 Å². The molecule has 0 aliphatic carbocycles. The van der Waals surface area contributed by atoms with E-state index in [9.17, 15) is 0 Å². The van der Waals surface area contributed by atoms with E-state index in [0.717, 1.165) is 25.6 Å². The number of ether oxygens (including phenoxy) is 1. The maximum absolute atomic E-state index is 5.59. The van der Waals surface area contributed by atoms with E-state index in [-0.39, 0.29) is 5.60 Å². The highest BCUT2D eigenvalue weighted by Gasteiger charge is 2.32. The number of methoxy groups -OCH3 is 1. The van der Waals surface area contributed by atoms with E-state index in [4.69, 9.17) is 4.74 Å². The Kier molecular flexibility index (Phi) is 6.09. The molecule has 0 spiro atoms. The van der Waals surface area contributed by atoms with Gasteiger partial charge in [-0.05, 0) is 26.2 Å². The minimum Gasteiger partial charge on any atom is -0.377 e. The summed E-state index contributed by atoms with van der Waals surface area (Å²) in [5.74, 6) is 0.746. The van der Waals surface area contributed by atoms with E-state index < -0.39 is 0 Å². The molecule has 1 aliphatic heterocycles. The zero-order chi connectivity index (χ0) is 13.8. The molecule has 1 aliphatic rings. The fraction of sp³-hybridized carbons (Fsp3) is 1.00. The van der Waals surface area contributed by atoms with Gasteiger partial charge in [0, 0.05) is 38.8 Å². The van der Waals surface area contributed by atoms with Gasteiger partial charge in [-0.1, -0.05) is 27.2 Å². The summed E-state index contributed by atoms with van der Waals surface area (Å²) in [5.41, 5.74) is -0.0508. The maximum atomic E-state index is 5.59. The van der Waals surface area contributed by atoms with Crippen molar-refractivity contribution in [3.63, 3.8) is 0 Å². The predicted molar refractivity (Wildman–Crippen MR) is 78.0 cm³/mol. The van der Waals surface area contributed by atoms with E-state index in [2.05, 4.69) is 44.8 Å². The second-order valence-electron chi connectivity index (χ2n) is 6.36. The zero-order valence-corrected chi connectivity index (χ0v) is 13.1. The molecule has 0 radical (unpaired) electrons. The molecule has 1 N–H and O–H groups in total. The predicted octanol–water partition coefficient (Wildman–Crippen LogP) is 2.51. The van der Waals surface area contributed by atoms with E-state index in [1.165, 1.54) is 12.8 Å². The lowest BCUT2D eigenvalue weighted by Crippen LogP contribution is -2.60. The van der Waals surface area contributed by atoms with Crippen LogP contribution in [0, 0.1) is 5.92 Å². The third-order valence-electron chi connectivity index (χ3n) is 4.50. The Morgan fingerprint density at radius 3 is 2.56 bits per heavy atom. The molecule has 0 aromatic rings. The van der Waals surface area contributed by atoms with Gasteiger partial charge in [0.05, 0.1) is 5.60 Å². The van der Waals surface area contributed by atoms with Crippen molar-refractivity contribution in [2.24, 2.45) is 5.92 Å². The Hall–Kier alpha value is -0.120. The highest BCUT2D eigenvalue weighted by atomic mass is 16.5. The van der Waals surface area contributed by atoms with Crippen molar-refractivity contribution in [2.75, 3.05) is 26.7 Å². The second-order valence-corrected chi connectivity index (χ2v) is 6.36. The number of hydrogen-bond acceptors (Lipinski definition) is 3. The van der Waals surface area contributed by atoms with Crippen LogP contribution in [0.2, 0.25) is 0 Å². The molecule has 0 aromatic carbocycles. The molecular formula is C15H32N2O. The van der Waals surface area contributed by atoms with Crippen LogP contribution in [0.1, 0.15) is 47.5 Å². The summed E-state index contributed by atoms with van der Waals surface area (Å²) in [6, 6.07) is 1.28. The Bertz CT molecular complexity index is 243. The summed E-state index contributed by atoms with van der Waals surface area (Å²) in [6.45, 7) is 14.6. The molecule has 3 unspecified atom stereocenters. The summed E-state index contributed by atoms with van der Waals surface area (Å²) < 4.78 is 5.59. The Labute approximate surface area is 113 Å². The number of nitrogens with one attached hydrogen (secondary N) is 1. The van der Waals surface area contributed by atoms with Gasteiger partial charge in [-0.25, -0.2) is 0 Å². The highest BCUT2D eigenvalue weighted by Crippen LogP contribution is 2.20. The molecule has 1 rings (SSSR count). The van der Waals surface area contributed by atoms with Gasteiger partial charge in [-0.2, -0.15) is 0 Å². The first-order valence-corrected chi connectivity index (χ1v) is 7.46. The van der Waals surface area contributed by atoms with Crippen LogP contribution in [0.5, 0.6) is 0 Å². The SMILES string of the molecule is CCC(C)C1CN(CC(C)(C)OC)C(CC)CN1. The van der Waals surface area contributed by atoms with Gasteiger partial charge in [0.15, 0.2) is 0 Å². The average Bonchev–Trinajstić information content (AvgIpc) is 2.37. The summed E-state index contributed by atoms with van der Waals surface area (Å²) in [7, 11) is 1.81. The second kappa shape index (κ2) is 6.88. The molecule has 0 amide bonds. The van der Waals surface area contributed by atoms with Crippen LogP contribution >= 0.6 is 0 Å². The van der Waals surface area contributed by atoms with Crippen molar-refractivity contribution in [2.45, 2.75) is 65.1 Å². The van der Waals surface area contributed by atoms with Crippen LogP contribution in [-0.2, 0) is 4.74 Å². The molecular weight excluding hydrogens is 224 g/mol. The van der Waals surface area contributed by atoms with E-state index >= 15 is 0 Å². The summed E-state index contributed by atoms with van der Waals surface area (Å²) in [4.78, 5) is 2.62. The molecule has 0 aromatic heterocycles. The normalized spacial score (nSPS) is 28.3. The molecule has 18 heavy (non-hydrogen) atoms. The van der Waals surface area contributed by atoms with Crippen LogP contribution in [0.25, 0.3) is 0 Å². The minimum absolute atomic E-state index is 0.0508. The number of nitrogens with zero attached hydrogens (tertiary/aromatic N) is 1. The van der Waals surface area contributed by atoms with E-state index in [1.807, 2.05) is 7.11 Å². The van der Waals surface area contributed by atoms with Crippen LogP contribution in [0.3, 0.4) is 0 Å². The summed E-state index contributed by atoms with van der Waals surface area (Å²) >= 11 is 0. The van der Waals surface area contributed by atoms with Gasteiger partial charge in [0.1, 0.15) is 0 Å². The minimum atomic E-state index is -0.0508. The number of hydrogen-bond donors (Lipinski definition) is 1. The Balaban J connectivity index is 2.64. The number of rotatable bonds is 6. The lowest BCUT2D eigenvalue weighted by atomic mass is 9.94. The first kappa shape index (κ1) is 15.9. The molecule has 0 bridgehead atoms. The molecule has 3 nitrogen and oxygen atoms in total. The Morgan fingerprint density at radius 2 is 2.06 bits per heavy atom. The van der Waals surface area contributed by atoms with Gasteiger partial charge in [-0.15, -0.1) is 0 Å². The molecule has 108 valence electrons. The van der Waals surface area contributed by atoms with Gasteiger partial charge in [0.25, 0.3) is 0 Å². The number of piperazine rings is 1. The van der Waals surface area contributed by atoms with Crippen LogP contribution < -0.4 is 5.32 Å². The van der Waals surface area contributed by atoms with E-state index in [0.29, 0.717) is 12.1 Å². The fourth-order valence-electron chi connectivity index (χ4n) is 2.70. The quantitative estimate of drug-likeness (QED) is 0.790. The van der Waals surface area contributed by atoms with Crippen molar-refractivity contribution < 1.29 is 4.74 Å². The van der Waals surface area contributed by atoms with Crippen molar-refractivity contribution in [1.29, 1.82) is 0 Å². The smallest absolute Gasteiger partial charge is 0.0749 e. The molecule has 1 fully saturated rings. The fourth-order valence-corrected chi connectivity index (χ4v) is 2.70. The highest BCUT2D eigenvalue weighted by molar-refractivity contribution is 4.90. The lowest BCUT2D eigenvalue weighted by Gasteiger charge is -2.44. The average molecular weight is 256 g/mol. The molecule has 1 heterocycles. The maximum Gasteiger partial charge on any atom is 0.0749 e. The van der Waals surface area contributed by atoms with Gasteiger partial charge in [-0.3, -0.25) is 4.90 Å². The van der Waals surface area contributed by atoms with Crippen molar-refractivity contribution >= 4 is 0 Å². The topological polar surface area (TPSA) is 24.5 Å². The third kappa shape index (κ3) is 4.22. The van der Waals surface area contributed by atoms with Crippen LogP contribution in [-0.4, -0.2) is 49.3 Å². The van der Waals surface area contributed by atoms with Gasteiger partial charge < -0.3 is 10.1 Å². The monoisotopic (exact) mass is 256 g/mol. The first-order valence-electron chi connectivity index (χ1n) is 7.46. The third-order valence-corrected chi connectivity index (χ3v) is 4.50. The molecule has 1 saturated heterocycles. The van der Waals surface area contributed by atoms with Gasteiger partial charge >= 0.3 is 0 Å². The van der Waals surface area contributed by atoms with Crippen LogP contribution in [0.15, 0.2) is 0 Å². The standard InChI is InChI=1S/C15H32N2O/c1-7-12(3)14-10-17(11-15(4,5)18-6)13(8-2)9-16-14/h12-14,16H,7-11H2,1-6H3. The summed E-state index contributed by atoms with van der Waals surface area (Å²) in [6.07, 6.45) is 2.45. The molecule has 0 saturated carbocycles. The molecule has 3 heteroatoms. The van der Waals surface area contributed by atoms with E-state index in [1.54, 1.807) is 0 Å². The largest absolute Gasteiger partial charge is 0.377 e. The van der Waals surface area contributed by atoms with Gasteiger partial charge in [0.2, 0.25) is 0 Å². The van der Waals surface area contributed by atoms with Crippen molar-refractivity contribution in [3.05, 3.63) is 0 Å². The first-order chi connectivity index (χ1) is 8.43. The lowest BCUT2D eigenvalue weighted by molar-refractivity contribution is -0.0301.